The zero-order valence-corrected chi connectivity index (χ0v) is 13.2. The number of rotatable bonds is 9. The van der Waals surface area contributed by atoms with Gasteiger partial charge in [0.15, 0.2) is 11.6 Å². The Kier molecular flexibility index (Phi) is 7.96. The highest BCUT2D eigenvalue weighted by Crippen LogP contribution is 2.23. The van der Waals surface area contributed by atoms with E-state index in [1.54, 1.807) is 0 Å². The van der Waals surface area contributed by atoms with Crippen molar-refractivity contribution in [3.63, 3.8) is 0 Å². The molecule has 0 heterocycles. The molecule has 0 saturated carbocycles. The number of ketones is 2. The van der Waals surface area contributed by atoms with Crippen molar-refractivity contribution in [3.8, 4) is 0 Å². The Morgan fingerprint density at radius 3 is 2.32 bits per heavy atom. The highest BCUT2D eigenvalue weighted by atomic mass is 79.9. The first-order chi connectivity index (χ1) is 9.15. The molecular formula is C16H23BrO2. The van der Waals surface area contributed by atoms with Crippen LogP contribution in [-0.4, -0.2) is 16.4 Å². The molecule has 0 aromatic rings. The summed E-state index contributed by atoms with van der Waals surface area (Å²) in [5.41, 5.74) is 0.610. The predicted molar refractivity (Wildman–Crippen MR) is 82.6 cm³/mol. The summed E-state index contributed by atoms with van der Waals surface area (Å²) in [6.45, 7) is 2.22. The molecule has 0 bridgehead atoms. The fourth-order valence-corrected chi connectivity index (χ4v) is 2.89. The quantitative estimate of drug-likeness (QED) is 0.354. The molecule has 0 saturated heterocycles. The number of unbranched alkanes of at least 4 members (excludes halogenated alkanes) is 6. The minimum absolute atomic E-state index is 0.0181. The Balaban J connectivity index is 2.19. The second kappa shape index (κ2) is 9.24. The van der Waals surface area contributed by atoms with Gasteiger partial charge in [0.1, 0.15) is 0 Å². The van der Waals surface area contributed by atoms with E-state index in [2.05, 4.69) is 22.9 Å². The average molecular weight is 327 g/mol. The van der Waals surface area contributed by atoms with Crippen LogP contribution in [0.5, 0.6) is 0 Å². The molecule has 0 spiro atoms. The van der Waals surface area contributed by atoms with Gasteiger partial charge in [-0.2, -0.15) is 0 Å². The molecule has 0 amide bonds. The summed E-state index contributed by atoms with van der Waals surface area (Å²) in [4.78, 5) is 22.9. The van der Waals surface area contributed by atoms with Crippen molar-refractivity contribution in [2.75, 3.05) is 0 Å². The molecule has 3 heteroatoms. The van der Waals surface area contributed by atoms with Crippen LogP contribution in [0.25, 0.3) is 0 Å². The third-order valence-electron chi connectivity index (χ3n) is 3.38. The lowest BCUT2D eigenvalue weighted by molar-refractivity contribution is -0.114. The maximum atomic E-state index is 11.7. The predicted octanol–water partition coefficient (Wildman–Crippen LogP) is 4.53. The van der Waals surface area contributed by atoms with E-state index >= 15 is 0 Å². The molecule has 1 rings (SSSR count). The molecule has 0 fully saturated rings. The third-order valence-corrected chi connectivity index (χ3v) is 4.33. The van der Waals surface area contributed by atoms with Gasteiger partial charge in [0.25, 0.3) is 0 Å². The van der Waals surface area contributed by atoms with Crippen LogP contribution in [0.4, 0.5) is 0 Å². The Hall–Kier alpha value is -0.700. The molecule has 0 N–H and O–H groups in total. The van der Waals surface area contributed by atoms with Crippen LogP contribution in [0.15, 0.2) is 23.8 Å². The number of halogens is 1. The molecule has 19 heavy (non-hydrogen) atoms. The van der Waals surface area contributed by atoms with E-state index in [-0.39, 0.29) is 16.4 Å². The lowest BCUT2D eigenvalue weighted by Gasteiger charge is -2.13. The van der Waals surface area contributed by atoms with Crippen LogP contribution in [0.1, 0.15) is 58.3 Å². The number of allylic oxidation sites excluding steroid dienone is 4. The van der Waals surface area contributed by atoms with Gasteiger partial charge in [-0.15, -0.1) is 0 Å². The zero-order chi connectivity index (χ0) is 14.1. The van der Waals surface area contributed by atoms with E-state index < -0.39 is 0 Å². The first-order valence-corrected chi connectivity index (χ1v) is 8.18. The van der Waals surface area contributed by atoms with Gasteiger partial charge < -0.3 is 0 Å². The van der Waals surface area contributed by atoms with Crippen molar-refractivity contribution in [1.29, 1.82) is 0 Å². The van der Waals surface area contributed by atoms with E-state index in [4.69, 9.17) is 0 Å². The van der Waals surface area contributed by atoms with Gasteiger partial charge in [0, 0.05) is 10.4 Å². The van der Waals surface area contributed by atoms with E-state index in [0.29, 0.717) is 5.57 Å². The molecule has 1 unspecified atom stereocenters. The van der Waals surface area contributed by atoms with Gasteiger partial charge in [0.05, 0.1) is 0 Å². The van der Waals surface area contributed by atoms with E-state index in [1.807, 2.05) is 0 Å². The van der Waals surface area contributed by atoms with E-state index in [9.17, 15) is 9.59 Å². The number of hydrogen-bond acceptors (Lipinski definition) is 2. The summed E-state index contributed by atoms with van der Waals surface area (Å²) < 4.78 is 0. The Morgan fingerprint density at radius 1 is 1.00 bits per heavy atom. The Bertz CT molecular complexity index is 369. The summed E-state index contributed by atoms with van der Waals surface area (Å²) in [6.07, 6.45) is 13.9. The maximum absolute atomic E-state index is 11.7. The molecule has 0 aliphatic heterocycles. The van der Waals surface area contributed by atoms with Crippen molar-refractivity contribution >= 4 is 27.5 Å². The standard InChI is InChI=1S/C16H23BrO2/c1-2-3-4-5-6-7-8-9-15(17)14-12-13(18)10-11-16(14)19/h10-12,15H,2-9H2,1H3. The Morgan fingerprint density at radius 2 is 1.63 bits per heavy atom. The van der Waals surface area contributed by atoms with Crippen LogP contribution < -0.4 is 0 Å². The summed E-state index contributed by atoms with van der Waals surface area (Å²) in [7, 11) is 0. The minimum atomic E-state index is -0.0846. The average Bonchev–Trinajstić information content (AvgIpc) is 2.40. The van der Waals surface area contributed by atoms with E-state index in [0.717, 1.165) is 12.8 Å². The number of carbonyl (C=O) groups excluding carboxylic acids is 2. The molecule has 1 aliphatic rings. The van der Waals surface area contributed by atoms with Gasteiger partial charge in [-0.1, -0.05) is 67.8 Å². The van der Waals surface area contributed by atoms with Crippen molar-refractivity contribution < 1.29 is 9.59 Å². The monoisotopic (exact) mass is 326 g/mol. The lowest BCUT2D eigenvalue weighted by atomic mass is 9.97. The second-order valence-electron chi connectivity index (χ2n) is 5.08. The summed E-state index contributed by atoms with van der Waals surface area (Å²) in [5.74, 6) is -0.122. The largest absolute Gasteiger partial charge is 0.290 e. The molecule has 2 nitrogen and oxygen atoms in total. The van der Waals surface area contributed by atoms with E-state index in [1.165, 1.54) is 56.8 Å². The fraction of sp³-hybridized carbons (Fsp3) is 0.625. The third kappa shape index (κ3) is 6.33. The lowest BCUT2D eigenvalue weighted by Crippen LogP contribution is -2.16. The first kappa shape index (κ1) is 16.4. The molecule has 106 valence electrons. The molecule has 0 radical (unpaired) electrons. The Labute approximate surface area is 124 Å². The molecule has 0 aromatic heterocycles. The van der Waals surface area contributed by atoms with Gasteiger partial charge in [-0.25, -0.2) is 0 Å². The van der Waals surface area contributed by atoms with Gasteiger partial charge >= 0.3 is 0 Å². The van der Waals surface area contributed by atoms with Crippen molar-refractivity contribution in [2.45, 2.75) is 63.1 Å². The van der Waals surface area contributed by atoms with Gasteiger partial charge in [-0.05, 0) is 24.6 Å². The van der Waals surface area contributed by atoms with Crippen LogP contribution in [0, 0.1) is 0 Å². The molecule has 1 atom stereocenters. The van der Waals surface area contributed by atoms with Crippen LogP contribution >= 0.6 is 15.9 Å². The van der Waals surface area contributed by atoms with Crippen molar-refractivity contribution in [2.24, 2.45) is 0 Å². The highest BCUT2D eigenvalue weighted by Gasteiger charge is 2.20. The smallest absolute Gasteiger partial charge is 0.183 e. The topological polar surface area (TPSA) is 34.1 Å². The number of carbonyl (C=O) groups is 2. The second-order valence-corrected chi connectivity index (χ2v) is 6.18. The van der Waals surface area contributed by atoms with Gasteiger partial charge in [0.2, 0.25) is 0 Å². The molecule has 1 aliphatic carbocycles. The fourth-order valence-electron chi connectivity index (χ4n) is 2.21. The summed E-state index contributed by atoms with van der Waals surface area (Å²) >= 11 is 3.53. The molecular weight excluding hydrogens is 304 g/mol. The van der Waals surface area contributed by atoms with Crippen molar-refractivity contribution in [1.82, 2.24) is 0 Å². The SMILES string of the molecule is CCCCCCCCCC(Br)C1=CC(=O)C=CC1=O. The number of hydrogen-bond donors (Lipinski definition) is 0. The molecule has 0 aromatic carbocycles. The highest BCUT2D eigenvalue weighted by molar-refractivity contribution is 9.09. The van der Waals surface area contributed by atoms with Crippen LogP contribution in [0.2, 0.25) is 0 Å². The van der Waals surface area contributed by atoms with Gasteiger partial charge in [-0.3, -0.25) is 9.59 Å². The normalized spacial score (nSPS) is 16.6. The van der Waals surface area contributed by atoms with Crippen molar-refractivity contribution in [3.05, 3.63) is 23.8 Å². The summed E-state index contributed by atoms with van der Waals surface area (Å²) in [5, 5.41) is 0. The van der Waals surface area contributed by atoms with Crippen LogP contribution in [-0.2, 0) is 9.59 Å². The maximum Gasteiger partial charge on any atom is 0.183 e. The van der Waals surface area contributed by atoms with Crippen LogP contribution in [0.3, 0.4) is 0 Å². The zero-order valence-electron chi connectivity index (χ0n) is 11.7. The number of alkyl halides is 1. The first-order valence-electron chi connectivity index (χ1n) is 7.27. The summed E-state index contributed by atoms with van der Waals surface area (Å²) in [6, 6.07) is 0. The minimum Gasteiger partial charge on any atom is -0.290 e.